The van der Waals surface area contributed by atoms with E-state index in [0.717, 1.165) is 39.4 Å². The van der Waals surface area contributed by atoms with E-state index in [4.69, 9.17) is 4.42 Å². The van der Waals surface area contributed by atoms with E-state index in [-0.39, 0.29) is 5.91 Å². The predicted octanol–water partition coefficient (Wildman–Crippen LogP) is 5.07. The highest BCUT2D eigenvalue weighted by atomic mass is 16.4. The van der Waals surface area contributed by atoms with Crippen LogP contribution in [0.5, 0.6) is 0 Å². The molecular weight excluding hydrogens is 376 g/mol. The number of carbonyl (C=O) groups excluding carboxylic acids is 1. The Morgan fingerprint density at radius 3 is 2.50 bits per heavy atom. The van der Waals surface area contributed by atoms with E-state index in [1.807, 2.05) is 87.2 Å². The van der Waals surface area contributed by atoms with Crippen LogP contribution in [0, 0.1) is 27.7 Å². The minimum Gasteiger partial charge on any atom is -0.441 e. The summed E-state index contributed by atoms with van der Waals surface area (Å²) < 4.78 is 7.70. The first kappa shape index (κ1) is 19.6. The van der Waals surface area contributed by atoms with Crippen LogP contribution in [0.2, 0.25) is 0 Å². The predicted molar refractivity (Wildman–Crippen MR) is 117 cm³/mol. The smallest absolute Gasteiger partial charge is 0.255 e. The number of benzene rings is 2. The number of rotatable bonds is 5. The van der Waals surface area contributed by atoms with Crippen molar-refractivity contribution in [3.8, 4) is 11.5 Å². The van der Waals surface area contributed by atoms with Crippen LogP contribution in [0.25, 0.3) is 11.5 Å². The van der Waals surface area contributed by atoms with Crippen molar-refractivity contribution in [3.63, 3.8) is 0 Å². The van der Waals surface area contributed by atoms with Gasteiger partial charge in [-0.25, -0.2) is 4.98 Å². The minimum atomic E-state index is -0.118. The quantitative estimate of drug-likeness (QED) is 0.507. The summed E-state index contributed by atoms with van der Waals surface area (Å²) in [7, 11) is 0. The molecule has 30 heavy (non-hydrogen) atoms. The third kappa shape index (κ3) is 4.17. The Labute approximate surface area is 175 Å². The zero-order chi connectivity index (χ0) is 21.3. The van der Waals surface area contributed by atoms with E-state index >= 15 is 0 Å². The monoisotopic (exact) mass is 400 g/mol. The highest BCUT2D eigenvalue weighted by Gasteiger charge is 2.13. The van der Waals surface area contributed by atoms with Crippen molar-refractivity contribution in [2.45, 2.75) is 34.2 Å². The average molecular weight is 400 g/mol. The largest absolute Gasteiger partial charge is 0.441 e. The molecule has 0 aliphatic rings. The number of oxazole rings is 1. The van der Waals surface area contributed by atoms with Gasteiger partial charge in [-0.05, 0) is 69.2 Å². The Hall–Kier alpha value is -3.67. The lowest BCUT2D eigenvalue weighted by atomic mass is 10.0. The van der Waals surface area contributed by atoms with Crippen molar-refractivity contribution in [2.24, 2.45) is 0 Å². The summed E-state index contributed by atoms with van der Waals surface area (Å²) in [6.45, 7) is 8.38. The maximum atomic E-state index is 12.6. The molecule has 1 N–H and O–H groups in total. The van der Waals surface area contributed by atoms with Crippen molar-refractivity contribution in [1.82, 2.24) is 14.8 Å². The number of amides is 1. The molecular formula is C24H24N4O2. The number of carbonyl (C=O) groups is 1. The van der Waals surface area contributed by atoms with Gasteiger partial charge in [-0.3, -0.25) is 9.48 Å². The van der Waals surface area contributed by atoms with Crippen LogP contribution in [0.1, 0.15) is 38.5 Å². The van der Waals surface area contributed by atoms with Crippen molar-refractivity contribution >= 4 is 11.6 Å². The van der Waals surface area contributed by atoms with Gasteiger partial charge in [0.2, 0.25) is 5.89 Å². The van der Waals surface area contributed by atoms with E-state index in [1.165, 1.54) is 0 Å². The normalized spacial score (nSPS) is 10.9. The number of nitrogens with one attached hydrogen (secondary N) is 1. The molecule has 0 unspecified atom stereocenters. The summed E-state index contributed by atoms with van der Waals surface area (Å²) in [5, 5.41) is 7.26. The molecule has 0 saturated heterocycles. The molecule has 4 aromatic rings. The van der Waals surface area contributed by atoms with E-state index < -0.39 is 0 Å². The standard InChI is InChI=1S/C24H24N4O2/c1-15-5-6-17(3)21(11-15)23(29)26-20-9-7-19(8-10-20)24-27-22(18(4)30-24)14-28-13-16(2)12-25-28/h5-13H,14H2,1-4H3,(H,26,29). The van der Waals surface area contributed by atoms with Crippen LogP contribution in [0.4, 0.5) is 5.69 Å². The van der Waals surface area contributed by atoms with Crippen molar-refractivity contribution in [1.29, 1.82) is 0 Å². The second-order valence-electron chi connectivity index (χ2n) is 7.59. The zero-order valence-corrected chi connectivity index (χ0v) is 17.6. The lowest BCUT2D eigenvalue weighted by molar-refractivity contribution is 0.102. The Bertz CT molecular complexity index is 1200. The van der Waals surface area contributed by atoms with Crippen LogP contribution < -0.4 is 5.32 Å². The number of nitrogens with zero attached hydrogens (tertiary/aromatic N) is 3. The van der Waals surface area contributed by atoms with Crippen LogP contribution in [0.15, 0.2) is 59.3 Å². The zero-order valence-electron chi connectivity index (χ0n) is 17.6. The van der Waals surface area contributed by atoms with Gasteiger partial charge in [-0.2, -0.15) is 5.10 Å². The maximum Gasteiger partial charge on any atom is 0.255 e. The van der Waals surface area contributed by atoms with Crippen molar-refractivity contribution in [3.05, 3.63) is 88.6 Å². The molecule has 0 atom stereocenters. The van der Waals surface area contributed by atoms with E-state index in [1.54, 1.807) is 0 Å². The molecule has 6 nitrogen and oxygen atoms in total. The molecule has 1 amide bonds. The SMILES string of the molecule is Cc1ccc(C)c(C(=O)Nc2ccc(-c3nc(Cn4cc(C)cn4)c(C)o3)cc2)c1. The number of hydrogen-bond acceptors (Lipinski definition) is 4. The van der Waals surface area contributed by atoms with Gasteiger partial charge in [-0.15, -0.1) is 0 Å². The molecule has 152 valence electrons. The number of aryl methyl sites for hydroxylation is 4. The minimum absolute atomic E-state index is 0.118. The molecule has 0 spiro atoms. The molecule has 0 radical (unpaired) electrons. The van der Waals surface area contributed by atoms with Crippen LogP contribution >= 0.6 is 0 Å². The topological polar surface area (TPSA) is 73.0 Å². The van der Waals surface area contributed by atoms with Crippen LogP contribution in [-0.2, 0) is 6.54 Å². The second-order valence-corrected chi connectivity index (χ2v) is 7.59. The molecule has 2 aromatic carbocycles. The summed E-state index contributed by atoms with van der Waals surface area (Å²) in [6.07, 6.45) is 3.79. The van der Waals surface area contributed by atoms with Gasteiger partial charge in [0.05, 0.1) is 12.7 Å². The fourth-order valence-corrected chi connectivity index (χ4v) is 3.28. The third-order valence-corrected chi connectivity index (χ3v) is 4.99. The number of hydrogen-bond donors (Lipinski definition) is 1. The first-order chi connectivity index (χ1) is 14.4. The van der Waals surface area contributed by atoms with Gasteiger partial charge in [-0.1, -0.05) is 17.7 Å². The van der Waals surface area contributed by atoms with E-state index in [2.05, 4.69) is 15.4 Å². The highest BCUT2D eigenvalue weighted by Crippen LogP contribution is 2.24. The summed E-state index contributed by atoms with van der Waals surface area (Å²) in [6, 6.07) is 13.4. The molecule has 0 aliphatic carbocycles. The van der Waals surface area contributed by atoms with E-state index in [9.17, 15) is 4.79 Å². The third-order valence-electron chi connectivity index (χ3n) is 4.99. The number of anilines is 1. The van der Waals surface area contributed by atoms with Gasteiger partial charge in [0, 0.05) is 23.0 Å². The summed E-state index contributed by atoms with van der Waals surface area (Å²) >= 11 is 0. The Morgan fingerprint density at radius 1 is 1.03 bits per heavy atom. The molecule has 0 bridgehead atoms. The summed E-state index contributed by atoms with van der Waals surface area (Å²) in [5.41, 5.74) is 6.22. The highest BCUT2D eigenvalue weighted by molar-refractivity contribution is 6.05. The summed E-state index contributed by atoms with van der Waals surface area (Å²) in [4.78, 5) is 17.2. The average Bonchev–Trinajstić information content (AvgIpc) is 3.30. The Balaban J connectivity index is 1.49. The van der Waals surface area contributed by atoms with Crippen molar-refractivity contribution in [2.75, 3.05) is 5.32 Å². The molecule has 2 aromatic heterocycles. The fourth-order valence-electron chi connectivity index (χ4n) is 3.28. The van der Waals surface area contributed by atoms with Gasteiger partial charge in [0.25, 0.3) is 5.91 Å². The lowest BCUT2D eigenvalue weighted by Gasteiger charge is -2.09. The molecule has 6 heteroatoms. The maximum absolute atomic E-state index is 12.6. The molecule has 0 saturated carbocycles. The Kier molecular flexibility index (Phi) is 5.23. The molecule has 2 heterocycles. The van der Waals surface area contributed by atoms with Crippen LogP contribution in [0.3, 0.4) is 0 Å². The van der Waals surface area contributed by atoms with E-state index in [0.29, 0.717) is 18.0 Å². The first-order valence-electron chi connectivity index (χ1n) is 9.83. The Morgan fingerprint density at radius 2 is 1.80 bits per heavy atom. The first-order valence-corrected chi connectivity index (χ1v) is 9.83. The van der Waals surface area contributed by atoms with Crippen molar-refractivity contribution < 1.29 is 9.21 Å². The lowest BCUT2D eigenvalue weighted by Crippen LogP contribution is -2.13. The molecule has 4 rings (SSSR count). The molecule has 0 fully saturated rings. The van der Waals surface area contributed by atoms with Gasteiger partial charge >= 0.3 is 0 Å². The van der Waals surface area contributed by atoms with Gasteiger partial charge in [0.15, 0.2) is 0 Å². The van der Waals surface area contributed by atoms with Gasteiger partial charge < -0.3 is 9.73 Å². The number of aromatic nitrogens is 3. The fraction of sp³-hybridized carbons (Fsp3) is 0.208. The summed E-state index contributed by atoms with van der Waals surface area (Å²) in [5.74, 6) is 1.21. The van der Waals surface area contributed by atoms with Crippen LogP contribution in [-0.4, -0.2) is 20.7 Å². The molecule has 0 aliphatic heterocycles. The van der Waals surface area contributed by atoms with Gasteiger partial charge in [0.1, 0.15) is 11.5 Å². The second kappa shape index (κ2) is 7.99.